The average molecular weight is 415 g/mol. The summed E-state index contributed by atoms with van der Waals surface area (Å²) in [7, 11) is 0. The molecule has 0 saturated heterocycles. The molecule has 0 aliphatic rings. The Morgan fingerprint density at radius 2 is 1.10 bits per heavy atom. The summed E-state index contributed by atoms with van der Waals surface area (Å²) in [5.41, 5.74) is 4.82. The molecule has 0 nitrogen and oxygen atoms in total. The smallest absolute Gasteiger partial charge is 0.0412 e. The second-order valence-electron chi connectivity index (χ2n) is 7.94. The number of hydrogen-bond acceptors (Lipinski definition) is 0. The fourth-order valence-electron chi connectivity index (χ4n) is 4.63. The first-order valence-corrected chi connectivity index (χ1v) is 10.9. The third kappa shape index (κ3) is 3.08. The van der Waals surface area contributed by atoms with E-state index in [9.17, 15) is 0 Å². The second-order valence-corrected chi connectivity index (χ2v) is 8.38. The van der Waals surface area contributed by atoms with Gasteiger partial charge in [-0.1, -0.05) is 103 Å². The topological polar surface area (TPSA) is 0 Å². The molecule has 1 heteroatoms. The SMILES string of the molecule is Clc1cccc(-c2ccc3c(c2)c(-c2cccc4ccccc24)cc2ccccc23)c1. The van der Waals surface area contributed by atoms with Gasteiger partial charge in [0.25, 0.3) is 0 Å². The molecule has 0 bridgehead atoms. The van der Waals surface area contributed by atoms with Gasteiger partial charge < -0.3 is 0 Å². The summed E-state index contributed by atoms with van der Waals surface area (Å²) in [5, 5.41) is 8.35. The van der Waals surface area contributed by atoms with Crippen LogP contribution in [-0.2, 0) is 0 Å². The summed E-state index contributed by atoms with van der Waals surface area (Å²) in [6, 6.07) is 41.0. The van der Waals surface area contributed by atoms with E-state index in [2.05, 4.69) is 97.1 Å². The van der Waals surface area contributed by atoms with Crippen LogP contribution in [0.5, 0.6) is 0 Å². The van der Waals surface area contributed by atoms with Crippen molar-refractivity contribution in [1.29, 1.82) is 0 Å². The zero-order chi connectivity index (χ0) is 20.8. The molecule has 0 N–H and O–H groups in total. The van der Waals surface area contributed by atoms with Gasteiger partial charge in [-0.3, -0.25) is 0 Å². The van der Waals surface area contributed by atoms with E-state index in [0.29, 0.717) is 0 Å². The Bertz CT molecular complexity index is 1590. The summed E-state index contributed by atoms with van der Waals surface area (Å²) < 4.78 is 0. The summed E-state index contributed by atoms with van der Waals surface area (Å²) in [6.07, 6.45) is 0. The lowest BCUT2D eigenvalue weighted by molar-refractivity contribution is 1.64. The third-order valence-corrected chi connectivity index (χ3v) is 6.33. The monoisotopic (exact) mass is 414 g/mol. The molecule has 0 aliphatic carbocycles. The van der Waals surface area contributed by atoms with Crippen LogP contribution in [0.25, 0.3) is 54.6 Å². The predicted molar refractivity (Wildman–Crippen MR) is 135 cm³/mol. The van der Waals surface area contributed by atoms with Crippen LogP contribution >= 0.6 is 11.6 Å². The largest absolute Gasteiger partial charge is 0.0843 e. The van der Waals surface area contributed by atoms with Crippen molar-refractivity contribution in [2.24, 2.45) is 0 Å². The lowest BCUT2D eigenvalue weighted by atomic mass is 9.89. The zero-order valence-corrected chi connectivity index (χ0v) is 17.6. The van der Waals surface area contributed by atoms with E-state index >= 15 is 0 Å². The van der Waals surface area contributed by atoms with Gasteiger partial charge in [-0.2, -0.15) is 0 Å². The van der Waals surface area contributed by atoms with Crippen molar-refractivity contribution in [2.45, 2.75) is 0 Å². The van der Waals surface area contributed by atoms with Crippen LogP contribution in [0.2, 0.25) is 5.02 Å². The maximum absolute atomic E-state index is 6.28. The van der Waals surface area contributed by atoms with Gasteiger partial charge in [0.05, 0.1) is 0 Å². The highest BCUT2D eigenvalue weighted by Crippen LogP contribution is 2.39. The molecule has 0 radical (unpaired) electrons. The number of halogens is 1. The van der Waals surface area contributed by atoms with Gasteiger partial charge in [0.1, 0.15) is 0 Å². The van der Waals surface area contributed by atoms with Crippen molar-refractivity contribution >= 4 is 43.9 Å². The van der Waals surface area contributed by atoms with Gasteiger partial charge in [-0.15, -0.1) is 0 Å². The Hall–Kier alpha value is -3.61. The molecular weight excluding hydrogens is 396 g/mol. The van der Waals surface area contributed by atoms with Crippen LogP contribution in [-0.4, -0.2) is 0 Å². The first-order valence-electron chi connectivity index (χ1n) is 10.5. The fraction of sp³-hybridized carbons (Fsp3) is 0. The van der Waals surface area contributed by atoms with E-state index in [-0.39, 0.29) is 0 Å². The zero-order valence-electron chi connectivity index (χ0n) is 16.8. The van der Waals surface area contributed by atoms with Crippen LogP contribution in [0.3, 0.4) is 0 Å². The van der Waals surface area contributed by atoms with Crippen molar-refractivity contribution in [3.05, 3.63) is 120 Å². The maximum atomic E-state index is 6.28. The molecule has 31 heavy (non-hydrogen) atoms. The van der Waals surface area contributed by atoms with E-state index in [0.717, 1.165) is 10.6 Å². The minimum atomic E-state index is 0.755. The van der Waals surface area contributed by atoms with E-state index in [1.807, 2.05) is 18.2 Å². The molecule has 0 saturated carbocycles. The second kappa shape index (κ2) is 7.27. The van der Waals surface area contributed by atoms with Crippen molar-refractivity contribution < 1.29 is 0 Å². The summed E-state index contributed by atoms with van der Waals surface area (Å²) in [4.78, 5) is 0. The normalized spacial score (nSPS) is 11.4. The molecule has 0 aliphatic heterocycles. The molecule has 6 aromatic carbocycles. The molecule has 0 heterocycles. The van der Waals surface area contributed by atoms with E-state index in [1.165, 1.54) is 49.0 Å². The van der Waals surface area contributed by atoms with Gasteiger partial charge in [-0.25, -0.2) is 0 Å². The number of rotatable bonds is 2. The van der Waals surface area contributed by atoms with Crippen LogP contribution in [0.1, 0.15) is 0 Å². The number of benzene rings is 6. The third-order valence-electron chi connectivity index (χ3n) is 6.10. The van der Waals surface area contributed by atoms with Gasteiger partial charge >= 0.3 is 0 Å². The van der Waals surface area contributed by atoms with E-state index in [4.69, 9.17) is 11.6 Å². The van der Waals surface area contributed by atoms with Crippen molar-refractivity contribution in [2.75, 3.05) is 0 Å². The Labute approximate surface area is 186 Å². The van der Waals surface area contributed by atoms with Crippen LogP contribution in [0.4, 0.5) is 0 Å². The van der Waals surface area contributed by atoms with Crippen LogP contribution in [0, 0.1) is 0 Å². The minimum absolute atomic E-state index is 0.755. The minimum Gasteiger partial charge on any atom is -0.0843 e. The Morgan fingerprint density at radius 1 is 0.387 bits per heavy atom. The maximum Gasteiger partial charge on any atom is 0.0412 e. The standard InChI is InChI=1S/C30H19Cl/c31-24-11-5-10-21(17-24)22-15-16-28-26-13-4-2-8-23(26)19-30(29(28)18-22)27-14-6-9-20-7-1-3-12-25(20)27/h1-19H. The number of hydrogen-bond donors (Lipinski definition) is 0. The van der Waals surface area contributed by atoms with Crippen LogP contribution < -0.4 is 0 Å². The lowest BCUT2D eigenvalue weighted by Crippen LogP contribution is -1.88. The fourth-order valence-corrected chi connectivity index (χ4v) is 4.82. The van der Waals surface area contributed by atoms with E-state index < -0.39 is 0 Å². The molecule has 0 spiro atoms. The van der Waals surface area contributed by atoms with Gasteiger partial charge in [0.15, 0.2) is 0 Å². The molecule has 0 amide bonds. The predicted octanol–water partition coefficient (Wildman–Crippen LogP) is 9.13. The Balaban J connectivity index is 1.73. The summed E-state index contributed by atoms with van der Waals surface area (Å²) in [5.74, 6) is 0. The first kappa shape index (κ1) is 18.2. The van der Waals surface area contributed by atoms with Crippen LogP contribution in [0.15, 0.2) is 115 Å². The first-order chi connectivity index (χ1) is 15.3. The molecule has 0 fully saturated rings. The van der Waals surface area contributed by atoms with Gasteiger partial charge in [-0.05, 0) is 78.8 Å². The van der Waals surface area contributed by atoms with E-state index in [1.54, 1.807) is 0 Å². The van der Waals surface area contributed by atoms with Crippen molar-refractivity contribution in [3.8, 4) is 22.3 Å². The highest BCUT2D eigenvalue weighted by molar-refractivity contribution is 6.30. The summed E-state index contributed by atoms with van der Waals surface area (Å²) in [6.45, 7) is 0. The molecule has 0 atom stereocenters. The van der Waals surface area contributed by atoms with Crippen molar-refractivity contribution in [3.63, 3.8) is 0 Å². The summed E-state index contributed by atoms with van der Waals surface area (Å²) >= 11 is 6.28. The molecule has 0 aromatic heterocycles. The lowest BCUT2D eigenvalue weighted by Gasteiger charge is -2.15. The van der Waals surface area contributed by atoms with Gasteiger partial charge in [0, 0.05) is 5.02 Å². The Morgan fingerprint density at radius 3 is 1.97 bits per heavy atom. The van der Waals surface area contributed by atoms with Gasteiger partial charge in [0.2, 0.25) is 0 Å². The molecule has 0 unspecified atom stereocenters. The Kier molecular flexibility index (Phi) is 4.26. The molecule has 6 aromatic rings. The number of fused-ring (bicyclic) bond motifs is 4. The molecule has 6 rings (SSSR count). The molecule has 146 valence electrons. The quantitative estimate of drug-likeness (QED) is 0.248. The average Bonchev–Trinajstić information content (AvgIpc) is 2.83. The highest BCUT2D eigenvalue weighted by Gasteiger charge is 2.12. The highest BCUT2D eigenvalue weighted by atomic mass is 35.5. The molecular formula is C30H19Cl. The van der Waals surface area contributed by atoms with Crippen molar-refractivity contribution in [1.82, 2.24) is 0 Å².